The highest BCUT2D eigenvalue weighted by Crippen LogP contribution is 2.57. The fourth-order valence-corrected chi connectivity index (χ4v) is 6.38. The van der Waals surface area contributed by atoms with E-state index in [-0.39, 0.29) is 11.3 Å². The van der Waals surface area contributed by atoms with Gasteiger partial charge in [-0.3, -0.25) is 14.0 Å². The maximum Gasteiger partial charge on any atom is 0.238 e. The van der Waals surface area contributed by atoms with E-state index >= 15 is 0 Å². The van der Waals surface area contributed by atoms with Gasteiger partial charge in [-0.25, -0.2) is 4.98 Å². The minimum absolute atomic E-state index is 0.183. The van der Waals surface area contributed by atoms with Gasteiger partial charge in [-0.05, 0) is 48.9 Å². The number of pyridine rings is 2. The molecule has 5 heterocycles. The summed E-state index contributed by atoms with van der Waals surface area (Å²) in [7, 11) is -0.643. The van der Waals surface area contributed by atoms with Crippen molar-refractivity contribution in [1.82, 2.24) is 14.5 Å². The number of hydrogen-bond acceptors (Lipinski definition) is 4. The van der Waals surface area contributed by atoms with Crippen molar-refractivity contribution in [2.24, 2.45) is 5.92 Å². The first kappa shape index (κ1) is 18.5. The third-order valence-electron chi connectivity index (χ3n) is 6.72. The van der Waals surface area contributed by atoms with Gasteiger partial charge in [0.2, 0.25) is 5.91 Å². The third-order valence-corrected chi connectivity index (χ3v) is 8.61. The Balaban J connectivity index is 1.37. The van der Waals surface area contributed by atoms with Crippen molar-refractivity contribution in [2.75, 3.05) is 16.4 Å². The van der Waals surface area contributed by atoms with Gasteiger partial charge >= 0.3 is 0 Å². The van der Waals surface area contributed by atoms with Gasteiger partial charge in [0.25, 0.3) is 0 Å². The van der Waals surface area contributed by atoms with Gasteiger partial charge in [-0.2, -0.15) is 0 Å². The van der Waals surface area contributed by atoms with Crippen molar-refractivity contribution >= 4 is 45.0 Å². The van der Waals surface area contributed by atoms with Crippen molar-refractivity contribution in [3.05, 3.63) is 53.1 Å². The predicted octanol–water partition coefficient (Wildman–Crippen LogP) is 3.43. The Morgan fingerprint density at radius 3 is 2.83 bits per heavy atom. The SMILES string of the molecule is O=C1N(Cc2cc3cc(Cl)cnc3n2CCC2CS(=O)C2)c2cnccc2C12CC2. The Hall–Kier alpha value is -2.25. The Kier molecular flexibility index (Phi) is 4.09. The Morgan fingerprint density at radius 1 is 1.23 bits per heavy atom. The molecule has 1 saturated heterocycles. The topological polar surface area (TPSA) is 68.1 Å². The fraction of sp³-hybridized carbons (Fsp3) is 0.409. The number of aromatic nitrogens is 3. The number of anilines is 1. The van der Waals surface area contributed by atoms with Gasteiger partial charge in [0.05, 0.1) is 28.9 Å². The maximum absolute atomic E-state index is 13.3. The van der Waals surface area contributed by atoms with E-state index in [4.69, 9.17) is 11.6 Å². The van der Waals surface area contributed by atoms with Crippen LogP contribution in [0.5, 0.6) is 0 Å². The number of carbonyl (C=O) groups excluding carboxylic acids is 1. The Labute approximate surface area is 181 Å². The lowest BCUT2D eigenvalue weighted by molar-refractivity contribution is -0.120. The summed E-state index contributed by atoms with van der Waals surface area (Å²) < 4.78 is 13.7. The van der Waals surface area contributed by atoms with Gasteiger partial charge in [0.1, 0.15) is 5.65 Å². The quantitative estimate of drug-likeness (QED) is 0.609. The zero-order valence-corrected chi connectivity index (χ0v) is 18.0. The van der Waals surface area contributed by atoms with Crippen LogP contribution in [-0.2, 0) is 34.1 Å². The van der Waals surface area contributed by atoms with Gasteiger partial charge in [-0.15, -0.1) is 0 Å². The van der Waals surface area contributed by atoms with Crippen LogP contribution in [0.2, 0.25) is 5.02 Å². The largest absolute Gasteiger partial charge is 0.328 e. The Bertz CT molecular complexity index is 1210. The smallest absolute Gasteiger partial charge is 0.238 e. The molecule has 0 bridgehead atoms. The van der Waals surface area contributed by atoms with Crippen LogP contribution in [0.1, 0.15) is 30.5 Å². The molecule has 3 aromatic rings. The molecule has 0 aromatic carbocycles. The molecule has 1 saturated carbocycles. The lowest BCUT2D eigenvalue weighted by Gasteiger charge is -2.26. The average Bonchev–Trinajstić information content (AvgIpc) is 3.41. The summed E-state index contributed by atoms with van der Waals surface area (Å²) in [5, 5.41) is 1.58. The van der Waals surface area contributed by atoms with Crippen LogP contribution in [0.15, 0.2) is 36.8 Å². The number of halogens is 1. The number of hydrogen-bond donors (Lipinski definition) is 0. The molecule has 1 amide bonds. The van der Waals surface area contributed by atoms with Crippen LogP contribution in [0.3, 0.4) is 0 Å². The highest BCUT2D eigenvalue weighted by Gasteiger charge is 2.59. The van der Waals surface area contributed by atoms with Crippen molar-refractivity contribution in [3.8, 4) is 0 Å². The predicted molar refractivity (Wildman–Crippen MR) is 117 cm³/mol. The van der Waals surface area contributed by atoms with E-state index in [0.717, 1.165) is 65.3 Å². The van der Waals surface area contributed by atoms with Crippen LogP contribution >= 0.6 is 11.6 Å². The summed E-state index contributed by atoms with van der Waals surface area (Å²) in [6, 6.07) is 6.01. The van der Waals surface area contributed by atoms with Crippen molar-refractivity contribution in [3.63, 3.8) is 0 Å². The number of rotatable bonds is 5. The Morgan fingerprint density at radius 2 is 2.07 bits per heavy atom. The monoisotopic (exact) mass is 440 g/mol. The molecule has 1 spiro atoms. The summed E-state index contributed by atoms with van der Waals surface area (Å²) >= 11 is 6.18. The van der Waals surface area contributed by atoms with E-state index in [0.29, 0.717) is 17.5 Å². The average molecular weight is 441 g/mol. The first-order valence-electron chi connectivity index (χ1n) is 10.3. The standard InChI is InChI=1S/C22H21ClN4O2S/c23-16-7-15-8-17(26(20(15)25-9-16)6-2-14-12-30(29)13-14)11-27-19-10-24-5-1-18(19)22(3-4-22)21(27)28/h1,5,7-10,14H,2-4,6,11-13H2. The van der Waals surface area contributed by atoms with Gasteiger partial charge < -0.3 is 9.47 Å². The molecule has 1 aliphatic carbocycles. The lowest BCUT2D eigenvalue weighted by Crippen LogP contribution is -2.33. The molecule has 0 N–H and O–H groups in total. The molecular formula is C22H21ClN4O2S. The molecule has 6 rings (SSSR count). The van der Waals surface area contributed by atoms with Crippen LogP contribution in [-0.4, -0.2) is 36.2 Å². The molecule has 0 radical (unpaired) electrons. The van der Waals surface area contributed by atoms with Crippen LogP contribution in [0.4, 0.5) is 5.69 Å². The lowest BCUT2D eigenvalue weighted by atomic mass is 9.99. The van der Waals surface area contributed by atoms with Gasteiger partial charge in [0.15, 0.2) is 0 Å². The molecule has 3 aliphatic rings. The van der Waals surface area contributed by atoms with Gasteiger partial charge in [0, 0.05) is 52.3 Å². The third kappa shape index (κ3) is 2.75. The van der Waals surface area contributed by atoms with E-state index in [2.05, 4.69) is 20.6 Å². The van der Waals surface area contributed by atoms with Crippen LogP contribution < -0.4 is 4.90 Å². The zero-order valence-electron chi connectivity index (χ0n) is 16.4. The minimum atomic E-state index is -0.643. The second-order valence-corrected chi connectivity index (χ2v) is 10.6. The summed E-state index contributed by atoms with van der Waals surface area (Å²) in [6.07, 6.45) is 8.05. The highest BCUT2D eigenvalue weighted by atomic mass is 35.5. The number of carbonyl (C=O) groups is 1. The first-order valence-corrected chi connectivity index (χ1v) is 12.2. The second-order valence-electron chi connectivity index (χ2n) is 8.65. The normalized spacial score (nSPS) is 23.8. The second kappa shape index (κ2) is 6.62. The number of amides is 1. The van der Waals surface area contributed by atoms with Crippen LogP contribution in [0, 0.1) is 5.92 Å². The molecule has 3 aromatic heterocycles. The van der Waals surface area contributed by atoms with E-state index in [9.17, 15) is 9.00 Å². The van der Waals surface area contributed by atoms with Crippen molar-refractivity contribution in [2.45, 2.75) is 37.8 Å². The molecule has 2 aliphatic heterocycles. The number of fused-ring (bicyclic) bond motifs is 3. The van der Waals surface area contributed by atoms with Crippen molar-refractivity contribution < 1.29 is 9.00 Å². The number of nitrogens with zero attached hydrogens (tertiary/aromatic N) is 4. The molecule has 0 atom stereocenters. The maximum atomic E-state index is 13.3. The zero-order chi connectivity index (χ0) is 20.5. The van der Waals surface area contributed by atoms with E-state index in [1.54, 1.807) is 12.4 Å². The molecule has 30 heavy (non-hydrogen) atoms. The first-order chi connectivity index (χ1) is 14.5. The molecule has 6 nitrogen and oxygen atoms in total. The van der Waals surface area contributed by atoms with E-state index in [1.807, 2.05) is 23.2 Å². The van der Waals surface area contributed by atoms with E-state index < -0.39 is 10.8 Å². The summed E-state index contributed by atoms with van der Waals surface area (Å²) in [6.45, 7) is 1.28. The molecule has 8 heteroatoms. The molecule has 2 fully saturated rings. The minimum Gasteiger partial charge on any atom is -0.328 e. The van der Waals surface area contributed by atoms with E-state index in [1.165, 1.54) is 0 Å². The molecular weight excluding hydrogens is 420 g/mol. The summed E-state index contributed by atoms with van der Waals surface area (Å²) in [5.41, 5.74) is 3.64. The molecule has 0 unspecified atom stereocenters. The van der Waals surface area contributed by atoms with Gasteiger partial charge in [-0.1, -0.05) is 11.6 Å². The number of aryl methyl sites for hydroxylation is 1. The molecule has 154 valence electrons. The fourth-order valence-electron chi connectivity index (χ4n) is 4.92. The van der Waals surface area contributed by atoms with Crippen LogP contribution in [0.25, 0.3) is 11.0 Å². The summed E-state index contributed by atoms with van der Waals surface area (Å²) in [5.74, 6) is 2.26. The summed E-state index contributed by atoms with van der Waals surface area (Å²) in [4.78, 5) is 24.0. The highest BCUT2D eigenvalue weighted by molar-refractivity contribution is 7.86. The van der Waals surface area contributed by atoms with Crippen molar-refractivity contribution in [1.29, 1.82) is 0 Å².